The summed E-state index contributed by atoms with van der Waals surface area (Å²) >= 11 is 0. The molecule has 1 amide bonds. The molecule has 0 fully saturated rings. The molecule has 9 nitrogen and oxygen atoms in total. The van der Waals surface area contributed by atoms with Gasteiger partial charge in [-0.1, -0.05) is 218 Å². The van der Waals surface area contributed by atoms with Crippen molar-refractivity contribution in [3.63, 3.8) is 0 Å². The number of phosphoric acid groups is 1. The van der Waals surface area contributed by atoms with Crippen molar-refractivity contribution in [1.82, 2.24) is 5.32 Å². The zero-order chi connectivity index (χ0) is 50.8. The fourth-order valence-corrected chi connectivity index (χ4v) is 9.18. The Bertz CT molecular complexity index is 1280. The number of phosphoric ester groups is 1. The monoisotopic (exact) mass is 993 g/mol. The molecule has 0 aromatic heterocycles. The normalized spacial score (nSPS) is 14.0. The number of hydrogen-bond donors (Lipinski definition) is 1. The third-order valence-electron chi connectivity index (χ3n) is 13.0. The van der Waals surface area contributed by atoms with Gasteiger partial charge in [-0.05, 0) is 83.1 Å². The maximum absolute atomic E-state index is 13.5. The molecule has 0 radical (unpaired) electrons. The van der Waals surface area contributed by atoms with E-state index in [0.29, 0.717) is 23.9 Å². The molecule has 69 heavy (non-hydrogen) atoms. The van der Waals surface area contributed by atoms with Crippen LogP contribution >= 0.6 is 7.82 Å². The Morgan fingerprint density at radius 1 is 0.493 bits per heavy atom. The summed E-state index contributed by atoms with van der Waals surface area (Å²) in [5, 5.41) is 3.02. The van der Waals surface area contributed by atoms with Crippen LogP contribution in [0.2, 0.25) is 0 Å². The van der Waals surface area contributed by atoms with Crippen LogP contribution in [0.1, 0.15) is 278 Å². The van der Waals surface area contributed by atoms with E-state index in [9.17, 15) is 19.0 Å². The second-order valence-corrected chi connectivity index (χ2v) is 22.6. The third kappa shape index (κ3) is 51.0. The van der Waals surface area contributed by atoms with Crippen molar-refractivity contribution in [3.8, 4) is 0 Å². The highest BCUT2D eigenvalue weighted by Gasteiger charge is 2.27. The molecule has 0 heterocycles. The van der Waals surface area contributed by atoms with Gasteiger partial charge in [-0.15, -0.1) is 0 Å². The molecule has 0 saturated heterocycles. The predicted molar refractivity (Wildman–Crippen MR) is 293 cm³/mol. The quantitative estimate of drug-likeness (QED) is 0.0212. The molecule has 1 N–H and O–H groups in total. The number of quaternary nitrogens is 1. The number of nitrogens with zero attached hydrogens (tertiary/aromatic N) is 1. The van der Waals surface area contributed by atoms with Crippen LogP contribution in [0.4, 0.5) is 0 Å². The summed E-state index contributed by atoms with van der Waals surface area (Å²) < 4.78 is 30.2. The Morgan fingerprint density at radius 3 is 1.25 bits per heavy atom. The Hall–Kier alpha value is -1.77. The van der Waals surface area contributed by atoms with Crippen molar-refractivity contribution < 1.29 is 37.3 Å². The van der Waals surface area contributed by atoms with Crippen molar-refractivity contribution in [3.05, 3.63) is 36.5 Å². The average Bonchev–Trinajstić information content (AvgIpc) is 3.31. The molecular formula is C59H113N2O7P. The largest absolute Gasteiger partial charge is 0.756 e. The van der Waals surface area contributed by atoms with Crippen LogP contribution in [0.5, 0.6) is 0 Å². The van der Waals surface area contributed by atoms with E-state index in [1.54, 1.807) is 0 Å². The second-order valence-electron chi connectivity index (χ2n) is 21.1. The van der Waals surface area contributed by atoms with Gasteiger partial charge in [0.15, 0.2) is 0 Å². The van der Waals surface area contributed by atoms with Gasteiger partial charge >= 0.3 is 5.97 Å². The Kier molecular flexibility index (Phi) is 48.5. The Balaban J connectivity index is 5.26. The number of likely N-dealkylation sites (N-methyl/N-ethyl adjacent to an activating group) is 1. The lowest BCUT2D eigenvalue weighted by Crippen LogP contribution is -2.47. The summed E-state index contributed by atoms with van der Waals surface area (Å²) in [6, 6.07) is -0.891. The highest BCUT2D eigenvalue weighted by molar-refractivity contribution is 7.45. The number of carbonyl (C=O) groups is 2. The predicted octanol–water partition coefficient (Wildman–Crippen LogP) is 16.9. The van der Waals surface area contributed by atoms with E-state index >= 15 is 0 Å². The lowest BCUT2D eigenvalue weighted by Gasteiger charge is -2.30. The van der Waals surface area contributed by atoms with Crippen LogP contribution in [0, 0.1) is 0 Å². The molecule has 0 aliphatic rings. The topological polar surface area (TPSA) is 114 Å². The minimum atomic E-state index is -4.69. The molecular weight excluding hydrogens is 880 g/mol. The fourth-order valence-electron chi connectivity index (χ4n) is 8.45. The SMILES string of the molecule is CCCCCCCC/C=C\CCCCCC(=O)OC(/C=C\CCCCCCCCCCC)C(COP(=O)([O-])OCC[N+](C)(C)C)NC(=O)CCCCCCCCCCC/C=C/CCCCCCCC. The van der Waals surface area contributed by atoms with E-state index in [2.05, 4.69) is 50.4 Å². The first-order valence-electron chi connectivity index (χ1n) is 29.3. The number of unbranched alkanes of at least 4 members (excludes halogenated alkanes) is 33. The summed E-state index contributed by atoms with van der Waals surface area (Å²) in [7, 11) is 1.18. The van der Waals surface area contributed by atoms with E-state index in [1.807, 2.05) is 33.3 Å². The van der Waals surface area contributed by atoms with Crippen LogP contribution in [0.15, 0.2) is 36.5 Å². The van der Waals surface area contributed by atoms with Crippen LogP contribution in [0.25, 0.3) is 0 Å². The molecule has 0 aliphatic carbocycles. The van der Waals surface area contributed by atoms with Gasteiger partial charge in [0.05, 0.1) is 33.8 Å². The number of esters is 1. The summed E-state index contributed by atoms with van der Waals surface area (Å²) in [6.45, 7) is 6.83. The zero-order valence-electron chi connectivity index (χ0n) is 46.3. The third-order valence-corrected chi connectivity index (χ3v) is 14.0. The lowest BCUT2D eigenvalue weighted by molar-refractivity contribution is -0.870. The Morgan fingerprint density at radius 2 is 0.841 bits per heavy atom. The molecule has 0 aliphatic heterocycles. The standard InChI is InChI=1S/C59H113N2O7P/c1-7-10-13-16-19-22-25-27-28-29-30-31-32-34-36-39-42-45-48-51-58(62)60-56(55-67-69(64,65)66-54-53-61(4,5)6)57(50-47-44-41-38-35-24-21-18-15-12-9-3)68-59(63)52-49-46-43-40-37-33-26-23-20-17-14-11-8-2/h27-28,33,37,47,50,56-57H,7-26,29-32,34-36,38-46,48-49,51-55H2,1-6H3,(H-,60,62,64,65)/b28-27+,37-33-,50-47-. The van der Waals surface area contributed by atoms with Gasteiger partial charge < -0.3 is 28.5 Å². The molecule has 406 valence electrons. The lowest BCUT2D eigenvalue weighted by atomic mass is 10.0. The first-order valence-corrected chi connectivity index (χ1v) is 30.8. The molecule has 0 bridgehead atoms. The number of hydrogen-bond acceptors (Lipinski definition) is 7. The summed E-state index contributed by atoms with van der Waals surface area (Å²) in [5.74, 6) is -0.556. The molecule has 3 unspecified atom stereocenters. The van der Waals surface area contributed by atoms with Crippen molar-refractivity contribution in [2.45, 2.75) is 290 Å². The van der Waals surface area contributed by atoms with E-state index in [1.165, 1.54) is 173 Å². The van der Waals surface area contributed by atoms with Crippen LogP contribution in [-0.2, 0) is 27.9 Å². The van der Waals surface area contributed by atoms with Gasteiger partial charge in [0, 0.05) is 12.8 Å². The molecule has 0 saturated carbocycles. The molecule has 10 heteroatoms. The van der Waals surface area contributed by atoms with Gasteiger partial charge in [0.1, 0.15) is 19.3 Å². The number of allylic oxidation sites excluding steroid dienone is 5. The number of amides is 1. The molecule has 3 atom stereocenters. The number of rotatable bonds is 53. The van der Waals surface area contributed by atoms with Gasteiger partial charge in [-0.2, -0.15) is 0 Å². The van der Waals surface area contributed by atoms with E-state index in [-0.39, 0.29) is 24.9 Å². The van der Waals surface area contributed by atoms with Gasteiger partial charge in [0.2, 0.25) is 5.91 Å². The minimum absolute atomic E-state index is 0.0235. The van der Waals surface area contributed by atoms with E-state index in [4.69, 9.17) is 13.8 Å². The van der Waals surface area contributed by atoms with Gasteiger partial charge in [-0.25, -0.2) is 0 Å². The summed E-state index contributed by atoms with van der Waals surface area (Å²) in [6.07, 6.45) is 58.2. The maximum atomic E-state index is 13.5. The van der Waals surface area contributed by atoms with Crippen molar-refractivity contribution in [2.75, 3.05) is 40.9 Å². The first kappa shape index (κ1) is 67.2. The first-order chi connectivity index (χ1) is 33.4. The van der Waals surface area contributed by atoms with Gasteiger partial charge in [-0.3, -0.25) is 14.2 Å². The number of nitrogens with one attached hydrogen (secondary N) is 1. The minimum Gasteiger partial charge on any atom is -0.756 e. The molecule has 0 aromatic rings. The highest BCUT2D eigenvalue weighted by Crippen LogP contribution is 2.38. The average molecular weight is 994 g/mol. The van der Waals surface area contributed by atoms with Crippen LogP contribution in [0.3, 0.4) is 0 Å². The van der Waals surface area contributed by atoms with Crippen molar-refractivity contribution in [2.24, 2.45) is 0 Å². The van der Waals surface area contributed by atoms with E-state index in [0.717, 1.165) is 64.2 Å². The second kappa shape index (κ2) is 49.8. The fraction of sp³-hybridized carbons (Fsp3) is 0.864. The van der Waals surface area contributed by atoms with Crippen molar-refractivity contribution in [1.29, 1.82) is 0 Å². The smallest absolute Gasteiger partial charge is 0.306 e. The van der Waals surface area contributed by atoms with E-state index < -0.39 is 26.6 Å². The van der Waals surface area contributed by atoms with Crippen LogP contribution < -0.4 is 10.2 Å². The maximum Gasteiger partial charge on any atom is 0.306 e. The molecule has 0 rings (SSSR count). The number of ether oxygens (including phenoxy) is 1. The van der Waals surface area contributed by atoms with Crippen molar-refractivity contribution >= 4 is 19.7 Å². The molecule has 0 aromatic carbocycles. The Labute approximate surface area is 427 Å². The summed E-state index contributed by atoms with van der Waals surface area (Å²) in [4.78, 5) is 39.8. The van der Waals surface area contributed by atoms with Gasteiger partial charge in [0.25, 0.3) is 7.82 Å². The zero-order valence-corrected chi connectivity index (χ0v) is 47.2. The number of carbonyl (C=O) groups excluding carboxylic acids is 2. The highest BCUT2D eigenvalue weighted by atomic mass is 31.2. The van der Waals surface area contributed by atoms with Crippen LogP contribution in [-0.4, -0.2) is 69.4 Å². The molecule has 0 spiro atoms. The summed E-state index contributed by atoms with van der Waals surface area (Å²) in [5.41, 5.74) is 0.